The van der Waals surface area contributed by atoms with E-state index in [1.54, 1.807) is 0 Å². The number of rotatable bonds is 52. The summed E-state index contributed by atoms with van der Waals surface area (Å²) in [5, 5.41) is 2.98. The Balaban J connectivity index is 5.37. The third-order valence-electron chi connectivity index (χ3n) is 12.8. The molecule has 0 aromatic heterocycles. The maximum atomic E-state index is 13.4. The van der Waals surface area contributed by atoms with Crippen molar-refractivity contribution < 1.29 is 37.3 Å². The third-order valence-corrected chi connectivity index (χ3v) is 13.8. The number of nitrogens with zero attached hydrogens (tertiary/aromatic N) is 1. The van der Waals surface area contributed by atoms with Crippen molar-refractivity contribution in [1.29, 1.82) is 0 Å². The third kappa shape index (κ3) is 49.2. The van der Waals surface area contributed by atoms with Gasteiger partial charge in [0.1, 0.15) is 19.3 Å². The van der Waals surface area contributed by atoms with Crippen molar-refractivity contribution in [2.24, 2.45) is 0 Å². The summed E-state index contributed by atoms with van der Waals surface area (Å²) in [6, 6.07) is -0.913. The Morgan fingerprint density at radius 2 is 0.912 bits per heavy atom. The van der Waals surface area contributed by atoms with Crippen molar-refractivity contribution in [1.82, 2.24) is 5.32 Å². The molecule has 3 unspecified atom stereocenters. The molecule has 0 heterocycles. The van der Waals surface area contributed by atoms with E-state index in [0.717, 1.165) is 51.4 Å². The molecule has 400 valence electrons. The van der Waals surface area contributed by atoms with E-state index < -0.39 is 26.6 Å². The average molecular weight is 980 g/mol. The number of nitrogens with one attached hydrogen (secondary N) is 1. The van der Waals surface area contributed by atoms with E-state index in [-0.39, 0.29) is 31.3 Å². The molecule has 0 aliphatic carbocycles. The van der Waals surface area contributed by atoms with Crippen LogP contribution in [0.5, 0.6) is 0 Å². The second-order valence-corrected chi connectivity index (χ2v) is 22.2. The van der Waals surface area contributed by atoms with Crippen LogP contribution >= 0.6 is 7.82 Å². The first kappa shape index (κ1) is 66.2. The maximum absolute atomic E-state index is 13.4. The largest absolute Gasteiger partial charge is 0.756 e. The molecule has 0 bridgehead atoms. The Kier molecular flexibility index (Phi) is 47.6. The van der Waals surface area contributed by atoms with Crippen molar-refractivity contribution in [2.45, 2.75) is 283 Å². The zero-order valence-corrected chi connectivity index (χ0v) is 46.5. The molecular formula is C58H111N2O7P. The van der Waals surface area contributed by atoms with Crippen LogP contribution in [0, 0.1) is 0 Å². The first-order valence-electron chi connectivity index (χ1n) is 28.8. The summed E-state index contributed by atoms with van der Waals surface area (Å²) in [7, 11) is 1.16. The number of ether oxygens (including phenoxy) is 1. The quantitative estimate of drug-likeness (QED) is 0.0212. The number of hydrogen-bond donors (Lipinski definition) is 1. The fraction of sp³-hybridized carbons (Fsp3) is 0.862. The predicted octanol–water partition coefficient (Wildman–Crippen LogP) is 16.5. The molecule has 0 aromatic rings. The minimum Gasteiger partial charge on any atom is -0.756 e. The van der Waals surface area contributed by atoms with Crippen LogP contribution in [-0.4, -0.2) is 69.4 Å². The van der Waals surface area contributed by atoms with E-state index in [1.165, 1.54) is 180 Å². The summed E-state index contributed by atoms with van der Waals surface area (Å²) < 4.78 is 30.2. The van der Waals surface area contributed by atoms with E-state index in [9.17, 15) is 19.0 Å². The van der Waals surface area contributed by atoms with Gasteiger partial charge in [-0.3, -0.25) is 14.2 Å². The van der Waals surface area contributed by atoms with Crippen molar-refractivity contribution >= 4 is 19.7 Å². The number of hydrogen-bond acceptors (Lipinski definition) is 7. The van der Waals surface area contributed by atoms with E-state index in [2.05, 4.69) is 44.3 Å². The molecule has 0 spiro atoms. The standard InChI is InChI=1S/C58H111N2O7P/c1-7-10-13-16-19-22-25-28-29-30-31-33-36-39-42-45-48-51-58(62)67-56(49-46-43-40-37-34-27-24-21-18-15-12-9-3)55(54-66-68(63,64)65-53-52-60(4,5)6)59-57(61)50-47-44-41-38-35-32-26-23-20-17-14-11-8-2/h32,35,41,44,46,49,55-56H,7-31,33-34,36-40,42-43,45,47-48,50-54H2,1-6H3,(H-,59,61,63,64)/b35-32-,44-41+,49-46+. The summed E-state index contributed by atoms with van der Waals surface area (Å²) in [5.41, 5.74) is 0. The molecule has 0 aliphatic rings. The Morgan fingerprint density at radius 1 is 0.515 bits per heavy atom. The number of carbonyl (C=O) groups excluding carboxylic acids is 2. The fourth-order valence-corrected chi connectivity index (χ4v) is 9.06. The predicted molar refractivity (Wildman–Crippen MR) is 289 cm³/mol. The van der Waals surface area contributed by atoms with Gasteiger partial charge >= 0.3 is 5.97 Å². The smallest absolute Gasteiger partial charge is 0.306 e. The van der Waals surface area contributed by atoms with Gasteiger partial charge in [-0.2, -0.15) is 0 Å². The zero-order chi connectivity index (χ0) is 50.1. The molecule has 10 heteroatoms. The molecule has 0 radical (unpaired) electrons. The molecule has 68 heavy (non-hydrogen) atoms. The highest BCUT2D eigenvalue weighted by Gasteiger charge is 2.27. The van der Waals surface area contributed by atoms with Gasteiger partial charge in [0.05, 0.1) is 33.8 Å². The zero-order valence-electron chi connectivity index (χ0n) is 45.6. The Labute approximate surface area is 421 Å². The molecule has 0 aromatic carbocycles. The van der Waals surface area contributed by atoms with E-state index >= 15 is 0 Å². The van der Waals surface area contributed by atoms with Gasteiger partial charge in [0.25, 0.3) is 7.82 Å². The minimum absolute atomic E-state index is 0.0294. The normalized spacial score (nSPS) is 14.0. The average Bonchev–Trinajstić information content (AvgIpc) is 3.29. The highest BCUT2D eigenvalue weighted by Crippen LogP contribution is 2.38. The number of carbonyl (C=O) groups is 2. The van der Waals surface area contributed by atoms with Gasteiger partial charge in [-0.25, -0.2) is 0 Å². The Morgan fingerprint density at radius 3 is 1.35 bits per heavy atom. The van der Waals surface area contributed by atoms with Gasteiger partial charge in [-0.15, -0.1) is 0 Å². The van der Waals surface area contributed by atoms with Gasteiger partial charge in [0.15, 0.2) is 0 Å². The highest BCUT2D eigenvalue weighted by atomic mass is 31.2. The number of amides is 1. The fourth-order valence-electron chi connectivity index (χ4n) is 8.34. The minimum atomic E-state index is -4.70. The van der Waals surface area contributed by atoms with Crippen LogP contribution < -0.4 is 10.2 Å². The molecule has 1 N–H and O–H groups in total. The van der Waals surface area contributed by atoms with Gasteiger partial charge in [0, 0.05) is 12.8 Å². The number of unbranched alkanes of at least 4 members (excludes halogenated alkanes) is 32. The van der Waals surface area contributed by atoms with Crippen LogP contribution in [0.2, 0.25) is 0 Å². The van der Waals surface area contributed by atoms with Crippen LogP contribution in [0.3, 0.4) is 0 Å². The Bertz CT molecular complexity index is 1270. The lowest BCUT2D eigenvalue weighted by atomic mass is 10.0. The van der Waals surface area contributed by atoms with Gasteiger partial charge in [-0.05, 0) is 51.0 Å². The van der Waals surface area contributed by atoms with Crippen LogP contribution in [0.4, 0.5) is 0 Å². The second-order valence-electron chi connectivity index (χ2n) is 20.8. The monoisotopic (exact) mass is 979 g/mol. The lowest BCUT2D eigenvalue weighted by Crippen LogP contribution is -2.47. The van der Waals surface area contributed by atoms with Crippen molar-refractivity contribution in [2.75, 3.05) is 40.9 Å². The number of allylic oxidation sites excluding steroid dienone is 5. The second kappa shape index (κ2) is 48.8. The van der Waals surface area contributed by atoms with Crippen LogP contribution in [0.15, 0.2) is 36.5 Å². The summed E-state index contributed by atoms with van der Waals surface area (Å²) in [6.07, 6.45) is 57.0. The molecule has 0 saturated heterocycles. The van der Waals surface area contributed by atoms with E-state index in [0.29, 0.717) is 17.4 Å². The van der Waals surface area contributed by atoms with Crippen molar-refractivity contribution in [3.63, 3.8) is 0 Å². The molecule has 1 amide bonds. The van der Waals surface area contributed by atoms with Crippen molar-refractivity contribution in [3.05, 3.63) is 36.5 Å². The number of esters is 1. The topological polar surface area (TPSA) is 114 Å². The summed E-state index contributed by atoms with van der Waals surface area (Å²) in [5.74, 6) is -0.610. The lowest BCUT2D eigenvalue weighted by molar-refractivity contribution is -0.870. The maximum Gasteiger partial charge on any atom is 0.306 e. The lowest BCUT2D eigenvalue weighted by Gasteiger charge is -2.30. The molecule has 9 nitrogen and oxygen atoms in total. The van der Waals surface area contributed by atoms with Gasteiger partial charge < -0.3 is 28.5 Å². The molecule has 0 rings (SSSR count). The van der Waals surface area contributed by atoms with Crippen LogP contribution in [0.25, 0.3) is 0 Å². The van der Waals surface area contributed by atoms with Crippen molar-refractivity contribution in [3.8, 4) is 0 Å². The summed E-state index contributed by atoms with van der Waals surface area (Å²) in [4.78, 5) is 39.8. The highest BCUT2D eigenvalue weighted by molar-refractivity contribution is 7.45. The van der Waals surface area contributed by atoms with E-state index in [4.69, 9.17) is 13.8 Å². The molecular weight excluding hydrogens is 868 g/mol. The summed E-state index contributed by atoms with van der Waals surface area (Å²) in [6.45, 7) is 6.80. The van der Waals surface area contributed by atoms with Crippen LogP contribution in [-0.2, 0) is 27.9 Å². The van der Waals surface area contributed by atoms with Gasteiger partial charge in [0.2, 0.25) is 5.91 Å². The SMILES string of the molecule is CCCCCCCC/C=C\C/C=C/CCC(=O)NC(COP(=O)([O-])OCC[N+](C)(C)C)C(/C=C/CCCCCCCCCCCC)OC(=O)CCCCCCCCCCCCCCCCCCC. The van der Waals surface area contributed by atoms with Crippen LogP contribution in [0.1, 0.15) is 271 Å². The molecule has 3 atom stereocenters. The number of phosphoric ester groups is 1. The first-order chi connectivity index (χ1) is 32.9. The molecule has 0 fully saturated rings. The molecule has 0 saturated carbocycles. The number of likely N-dealkylation sites (N-methyl/N-ethyl adjacent to an activating group) is 1. The summed E-state index contributed by atoms with van der Waals surface area (Å²) >= 11 is 0. The first-order valence-corrected chi connectivity index (χ1v) is 30.3. The number of phosphoric acid groups is 1. The number of quaternary nitrogens is 1. The van der Waals surface area contributed by atoms with Gasteiger partial charge in [-0.1, -0.05) is 244 Å². The Hall–Kier alpha value is -1.77. The molecule has 0 aliphatic heterocycles. The van der Waals surface area contributed by atoms with E-state index in [1.807, 2.05) is 39.4 Å².